The number of methoxy groups -OCH3 is 1. The lowest BCUT2D eigenvalue weighted by molar-refractivity contribution is -0.147. The van der Waals surface area contributed by atoms with Gasteiger partial charge in [0.15, 0.2) is 0 Å². The number of ether oxygens (including phenoxy) is 2. The zero-order valence-corrected chi connectivity index (χ0v) is 17.1. The number of hydrogen-bond acceptors (Lipinski definition) is 5. The molecule has 0 saturated carbocycles. The average Bonchev–Trinajstić information content (AvgIpc) is 2.56. The van der Waals surface area contributed by atoms with Crippen molar-refractivity contribution in [3.05, 3.63) is 12.2 Å². The highest BCUT2D eigenvalue weighted by molar-refractivity contribution is 5.76. The molecule has 2 N–H and O–H groups in total. The summed E-state index contributed by atoms with van der Waals surface area (Å²) in [5.74, 6) is -0.889. The van der Waals surface area contributed by atoms with Gasteiger partial charge in [-0.25, -0.2) is 0 Å². The number of amides is 1. The molecular formula is C20H35NO6. The molecule has 1 amide bonds. The number of rotatable bonds is 15. The molecule has 0 saturated heterocycles. The van der Waals surface area contributed by atoms with Crippen molar-refractivity contribution < 1.29 is 29.0 Å². The summed E-state index contributed by atoms with van der Waals surface area (Å²) in [6.45, 7) is 6.86. The van der Waals surface area contributed by atoms with E-state index in [0.29, 0.717) is 26.0 Å². The molecule has 1 atom stereocenters. The van der Waals surface area contributed by atoms with Crippen LogP contribution in [0.2, 0.25) is 0 Å². The highest BCUT2D eigenvalue weighted by Gasteiger charge is 2.24. The van der Waals surface area contributed by atoms with Gasteiger partial charge in [-0.1, -0.05) is 32.9 Å². The van der Waals surface area contributed by atoms with Gasteiger partial charge in [-0.3, -0.25) is 14.4 Å². The fourth-order valence-corrected chi connectivity index (χ4v) is 2.39. The highest BCUT2D eigenvalue weighted by Crippen LogP contribution is 2.20. The summed E-state index contributed by atoms with van der Waals surface area (Å²) < 4.78 is 9.89. The summed E-state index contributed by atoms with van der Waals surface area (Å²) >= 11 is 0. The van der Waals surface area contributed by atoms with E-state index in [1.165, 1.54) is 0 Å². The molecular weight excluding hydrogens is 350 g/mol. The largest absolute Gasteiger partial charge is 0.481 e. The molecule has 7 nitrogen and oxygen atoms in total. The van der Waals surface area contributed by atoms with Gasteiger partial charge in [0.1, 0.15) is 6.61 Å². The number of carbonyl (C=O) groups is 3. The van der Waals surface area contributed by atoms with Crippen LogP contribution in [-0.4, -0.2) is 49.8 Å². The van der Waals surface area contributed by atoms with Gasteiger partial charge in [0.2, 0.25) is 5.91 Å². The first kappa shape index (κ1) is 25.1. The molecule has 7 heteroatoms. The minimum absolute atomic E-state index is 0.0295. The van der Waals surface area contributed by atoms with Crippen molar-refractivity contribution in [3.8, 4) is 0 Å². The first-order valence-electron chi connectivity index (χ1n) is 9.44. The quantitative estimate of drug-likeness (QED) is 0.255. The topological polar surface area (TPSA) is 102 Å². The molecule has 0 aromatic heterocycles. The Morgan fingerprint density at radius 1 is 1.15 bits per heavy atom. The van der Waals surface area contributed by atoms with E-state index in [9.17, 15) is 14.4 Å². The van der Waals surface area contributed by atoms with Crippen LogP contribution < -0.4 is 5.32 Å². The molecule has 156 valence electrons. The molecule has 0 aliphatic rings. The van der Waals surface area contributed by atoms with Gasteiger partial charge in [-0.05, 0) is 30.6 Å². The lowest BCUT2D eigenvalue weighted by atomic mass is 9.89. The van der Waals surface area contributed by atoms with E-state index in [-0.39, 0.29) is 42.7 Å². The molecule has 0 aliphatic carbocycles. The van der Waals surface area contributed by atoms with Gasteiger partial charge in [0.25, 0.3) is 0 Å². The standard InChI is InChI=1S/C20H35NO6/c1-16(9-7-5-6-8-10-18(23)24)13-17(22)21-15-20(2,3)14-19(25)27-12-11-26-4/h5-6,16H,7-15H2,1-4H3,(H,21,22)(H,23,24). The molecule has 0 aromatic rings. The number of carboxylic acid groups (broad SMARTS) is 1. The van der Waals surface area contributed by atoms with E-state index >= 15 is 0 Å². The Hall–Kier alpha value is -1.89. The number of allylic oxidation sites excluding steroid dienone is 2. The zero-order chi connectivity index (χ0) is 20.7. The zero-order valence-electron chi connectivity index (χ0n) is 17.1. The van der Waals surface area contributed by atoms with Gasteiger partial charge in [-0.15, -0.1) is 0 Å². The summed E-state index contributed by atoms with van der Waals surface area (Å²) in [6, 6.07) is 0. The van der Waals surface area contributed by atoms with Crippen LogP contribution in [0.15, 0.2) is 12.2 Å². The summed E-state index contributed by atoms with van der Waals surface area (Å²) in [4.78, 5) is 34.2. The predicted octanol–water partition coefficient (Wildman–Crippen LogP) is 2.94. The molecule has 0 aliphatic heterocycles. The summed E-state index contributed by atoms with van der Waals surface area (Å²) in [7, 11) is 1.55. The number of carbonyl (C=O) groups excluding carboxylic acids is 2. The first-order chi connectivity index (χ1) is 12.7. The number of aliphatic carboxylic acids is 1. The summed E-state index contributed by atoms with van der Waals surface area (Å²) in [6.07, 6.45) is 6.87. The molecule has 1 unspecified atom stereocenters. The average molecular weight is 386 g/mol. The molecule has 0 aromatic carbocycles. The van der Waals surface area contributed by atoms with E-state index in [1.807, 2.05) is 32.9 Å². The first-order valence-corrected chi connectivity index (χ1v) is 9.44. The fourth-order valence-electron chi connectivity index (χ4n) is 2.39. The van der Waals surface area contributed by atoms with E-state index < -0.39 is 5.97 Å². The number of nitrogens with one attached hydrogen (secondary N) is 1. The van der Waals surface area contributed by atoms with Crippen LogP contribution >= 0.6 is 0 Å². The van der Waals surface area contributed by atoms with Crippen LogP contribution in [0.3, 0.4) is 0 Å². The van der Waals surface area contributed by atoms with E-state index in [2.05, 4.69) is 5.32 Å². The molecule has 27 heavy (non-hydrogen) atoms. The van der Waals surface area contributed by atoms with E-state index in [1.54, 1.807) is 7.11 Å². The molecule has 0 bridgehead atoms. The third-order valence-corrected chi connectivity index (χ3v) is 3.99. The second-order valence-electron chi connectivity index (χ2n) is 7.62. The molecule has 0 fully saturated rings. The minimum atomic E-state index is -0.796. The SMILES string of the molecule is COCCOC(=O)CC(C)(C)CNC(=O)CC(C)CCC=CCCC(=O)O. The predicted molar refractivity (Wildman–Crippen MR) is 103 cm³/mol. The summed E-state index contributed by atoms with van der Waals surface area (Å²) in [5, 5.41) is 11.4. The Bertz CT molecular complexity index is 487. The van der Waals surface area contributed by atoms with E-state index in [0.717, 1.165) is 12.8 Å². The lowest BCUT2D eigenvalue weighted by Gasteiger charge is -2.24. The number of hydrogen-bond donors (Lipinski definition) is 2. The van der Waals surface area contributed by atoms with Gasteiger partial charge >= 0.3 is 11.9 Å². The molecule has 0 rings (SSSR count). The van der Waals surface area contributed by atoms with Gasteiger partial charge < -0.3 is 19.9 Å². The van der Waals surface area contributed by atoms with Gasteiger partial charge in [-0.2, -0.15) is 0 Å². The number of carboxylic acids is 1. The lowest BCUT2D eigenvalue weighted by Crippen LogP contribution is -2.36. The third kappa shape index (κ3) is 16.0. The summed E-state index contributed by atoms with van der Waals surface area (Å²) in [5.41, 5.74) is -0.379. The fraction of sp³-hybridized carbons (Fsp3) is 0.750. The Morgan fingerprint density at radius 3 is 2.44 bits per heavy atom. The normalized spacial score (nSPS) is 12.7. The van der Waals surface area contributed by atoms with Crippen LogP contribution in [0, 0.1) is 11.3 Å². The van der Waals surface area contributed by atoms with Crippen molar-refractivity contribution in [2.24, 2.45) is 11.3 Å². The molecule has 0 spiro atoms. The Kier molecular flexibility index (Phi) is 13.2. The maximum absolute atomic E-state index is 12.1. The van der Waals surface area contributed by atoms with Gasteiger partial charge in [0.05, 0.1) is 13.0 Å². The van der Waals surface area contributed by atoms with Crippen molar-refractivity contribution in [2.45, 2.75) is 59.3 Å². The van der Waals surface area contributed by atoms with Crippen LogP contribution in [-0.2, 0) is 23.9 Å². The van der Waals surface area contributed by atoms with Crippen LogP contribution in [0.5, 0.6) is 0 Å². The van der Waals surface area contributed by atoms with Crippen molar-refractivity contribution in [1.29, 1.82) is 0 Å². The monoisotopic (exact) mass is 385 g/mol. The van der Waals surface area contributed by atoms with Crippen molar-refractivity contribution in [1.82, 2.24) is 5.32 Å². The molecule has 0 heterocycles. The van der Waals surface area contributed by atoms with Crippen LogP contribution in [0.4, 0.5) is 0 Å². The maximum atomic E-state index is 12.1. The van der Waals surface area contributed by atoms with E-state index in [4.69, 9.17) is 14.6 Å². The maximum Gasteiger partial charge on any atom is 0.306 e. The van der Waals surface area contributed by atoms with Crippen molar-refractivity contribution in [2.75, 3.05) is 26.9 Å². The van der Waals surface area contributed by atoms with Crippen molar-refractivity contribution in [3.63, 3.8) is 0 Å². The smallest absolute Gasteiger partial charge is 0.306 e. The Morgan fingerprint density at radius 2 is 1.81 bits per heavy atom. The second kappa shape index (κ2) is 14.2. The van der Waals surface area contributed by atoms with Crippen molar-refractivity contribution >= 4 is 17.8 Å². The highest BCUT2D eigenvalue weighted by atomic mass is 16.6. The Labute approximate surface area is 162 Å². The van der Waals surface area contributed by atoms with Crippen LogP contribution in [0.1, 0.15) is 59.3 Å². The second-order valence-corrected chi connectivity index (χ2v) is 7.62. The minimum Gasteiger partial charge on any atom is -0.481 e. The number of esters is 1. The van der Waals surface area contributed by atoms with Crippen LogP contribution in [0.25, 0.3) is 0 Å². The third-order valence-electron chi connectivity index (χ3n) is 3.99. The Balaban J connectivity index is 3.98. The molecule has 0 radical (unpaired) electrons. The van der Waals surface area contributed by atoms with Gasteiger partial charge in [0, 0.05) is 26.5 Å².